The number of thioether (sulfide) groups is 1. The molecular weight excluding hydrogens is 118 g/mol. The van der Waals surface area contributed by atoms with Gasteiger partial charge < -0.3 is 5.32 Å². The fourth-order valence-corrected chi connectivity index (χ4v) is 1.16. The topological polar surface area (TPSA) is 16.6 Å². The second kappa shape index (κ2) is 5.45. The second-order valence-corrected chi connectivity index (χ2v) is 3.68. The van der Waals surface area contributed by atoms with E-state index in [2.05, 4.69) is 20.9 Å². The lowest BCUT2D eigenvalue weighted by molar-refractivity contribution is -0.590. The van der Waals surface area contributed by atoms with Crippen molar-refractivity contribution in [3.8, 4) is 0 Å². The molecule has 50 valence electrons. The highest BCUT2D eigenvalue weighted by molar-refractivity contribution is 7.99. The molecule has 0 radical (unpaired) electrons. The van der Waals surface area contributed by atoms with Gasteiger partial charge in [-0.3, -0.25) is 0 Å². The Labute approximate surface area is 56.2 Å². The quantitative estimate of drug-likeness (QED) is 0.436. The highest BCUT2D eigenvalue weighted by atomic mass is 32.2. The molecular formula is C6H15NS. The minimum atomic E-state index is 0.773. The van der Waals surface area contributed by atoms with E-state index in [1.165, 1.54) is 5.75 Å². The summed E-state index contributed by atoms with van der Waals surface area (Å²) < 4.78 is 0. The fourth-order valence-electron chi connectivity index (χ4n) is 0.387. The van der Waals surface area contributed by atoms with Crippen molar-refractivity contribution in [1.82, 2.24) is 0 Å². The number of nitrogens with two attached hydrogens (primary N) is 1. The Kier molecular flexibility index (Phi) is 5.66. The highest BCUT2D eigenvalue weighted by Gasteiger charge is 1.90. The van der Waals surface area contributed by atoms with E-state index >= 15 is 0 Å². The summed E-state index contributed by atoms with van der Waals surface area (Å²) in [4.78, 5) is 0. The molecule has 0 spiro atoms. The molecule has 0 atom stereocenters. The zero-order valence-corrected chi connectivity index (χ0v) is 6.50. The van der Waals surface area contributed by atoms with Crippen LogP contribution in [0.1, 0.15) is 13.8 Å². The van der Waals surface area contributed by atoms with Crippen LogP contribution in [0.3, 0.4) is 0 Å². The Morgan fingerprint density at radius 1 is 1.62 bits per heavy atom. The Bertz CT molecular complexity index is 45.8. The molecule has 0 fully saturated rings. The molecule has 0 aromatic carbocycles. The average molecular weight is 133 g/mol. The Morgan fingerprint density at radius 2 is 2.25 bits per heavy atom. The van der Waals surface area contributed by atoms with Crippen LogP contribution in [0, 0.1) is 7.05 Å². The second-order valence-electron chi connectivity index (χ2n) is 2.00. The summed E-state index contributed by atoms with van der Waals surface area (Å²) in [6, 6.07) is 0. The molecule has 0 heterocycles. The summed E-state index contributed by atoms with van der Waals surface area (Å²) in [7, 11) is 3.64. The SMILES string of the molecule is [CH2-][NH2+]CCSC(C)C. The monoisotopic (exact) mass is 133 g/mol. The molecule has 0 unspecified atom stereocenters. The zero-order valence-electron chi connectivity index (χ0n) is 5.68. The first-order chi connectivity index (χ1) is 3.77. The lowest BCUT2D eigenvalue weighted by Crippen LogP contribution is -2.77. The molecule has 0 aromatic heterocycles. The first-order valence-corrected chi connectivity index (χ1v) is 4.04. The van der Waals surface area contributed by atoms with Crippen molar-refractivity contribution in [3.63, 3.8) is 0 Å². The maximum Gasteiger partial charge on any atom is 0.0607 e. The molecule has 2 N–H and O–H groups in total. The molecule has 0 aromatic rings. The highest BCUT2D eigenvalue weighted by Crippen LogP contribution is 2.05. The van der Waals surface area contributed by atoms with Crippen LogP contribution < -0.4 is 5.32 Å². The van der Waals surface area contributed by atoms with Crippen molar-refractivity contribution >= 4 is 11.8 Å². The van der Waals surface area contributed by atoms with Crippen molar-refractivity contribution in [3.05, 3.63) is 7.05 Å². The minimum Gasteiger partial charge on any atom is -0.478 e. The maximum absolute atomic E-state index is 3.64. The van der Waals surface area contributed by atoms with Crippen molar-refractivity contribution in [2.75, 3.05) is 12.3 Å². The van der Waals surface area contributed by atoms with E-state index in [-0.39, 0.29) is 0 Å². The fraction of sp³-hybridized carbons (Fsp3) is 0.833. The zero-order chi connectivity index (χ0) is 6.41. The third-order valence-electron chi connectivity index (χ3n) is 0.773. The van der Waals surface area contributed by atoms with Gasteiger partial charge in [0.25, 0.3) is 0 Å². The van der Waals surface area contributed by atoms with Gasteiger partial charge in [0.05, 0.1) is 6.54 Å². The van der Waals surface area contributed by atoms with Crippen LogP contribution in [0.25, 0.3) is 0 Å². The summed E-state index contributed by atoms with van der Waals surface area (Å²) in [5.74, 6) is 1.22. The normalized spacial score (nSPS) is 10.5. The van der Waals surface area contributed by atoms with E-state index < -0.39 is 0 Å². The van der Waals surface area contributed by atoms with Gasteiger partial charge in [-0.25, -0.2) is 0 Å². The van der Waals surface area contributed by atoms with Crippen LogP contribution in [0.4, 0.5) is 0 Å². The molecule has 1 nitrogen and oxygen atoms in total. The van der Waals surface area contributed by atoms with Gasteiger partial charge >= 0.3 is 0 Å². The van der Waals surface area contributed by atoms with E-state index in [0.29, 0.717) is 0 Å². The standard InChI is InChI=1S/C6H15NS/c1-6(2)8-5-4-7-3/h6H,3-5,7H2,1-2H3. The first-order valence-electron chi connectivity index (χ1n) is 3.00. The summed E-state index contributed by atoms with van der Waals surface area (Å²) in [6.07, 6.45) is 0. The summed E-state index contributed by atoms with van der Waals surface area (Å²) in [6.45, 7) is 5.57. The molecule has 0 rings (SSSR count). The molecule has 0 aliphatic heterocycles. The predicted molar refractivity (Wildman–Crippen MR) is 39.7 cm³/mol. The lowest BCUT2D eigenvalue weighted by atomic mass is 10.6. The summed E-state index contributed by atoms with van der Waals surface area (Å²) in [5.41, 5.74) is 0. The maximum atomic E-state index is 3.64. The number of hydrogen-bond donors (Lipinski definition) is 1. The van der Waals surface area contributed by atoms with Gasteiger partial charge in [0, 0.05) is 5.75 Å². The third kappa shape index (κ3) is 6.31. The van der Waals surface area contributed by atoms with E-state index in [1.807, 2.05) is 17.1 Å². The van der Waals surface area contributed by atoms with Gasteiger partial charge in [-0.15, -0.1) is 0 Å². The predicted octanol–water partition coefficient (Wildman–Crippen LogP) is 0.483. The van der Waals surface area contributed by atoms with E-state index in [0.717, 1.165) is 11.8 Å². The molecule has 0 aliphatic rings. The molecule has 0 aliphatic carbocycles. The molecule has 0 bridgehead atoms. The largest absolute Gasteiger partial charge is 0.478 e. The van der Waals surface area contributed by atoms with Crippen LogP contribution in [0.15, 0.2) is 0 Å². The molecule has 0 saturated carbocycles. The summed E-state index contributed by atoms with van der Waals surface area (Å²) >= 11 is 1.98. The van der Waals surface area contributed by atoms with Gasteiger partial charge in [-0.1, -0.05) is 13.8 Å². The number of hydrogen-bond acceptors (Lipinski definition) is 1. The van der Waals surface area contributed by atoms with Gasteiger partial charge in [-0.05, 0) is 5.25 Å². The van der Waals surface area contributed by atoms with E-state index in [9.17, 15) is 0 Å². The molecule has 0 amide bonds. The van der Waals surface area contributed by atoms with Crippen LogP contribution in [-0.4, -0.2) is 17.5 Å². The van der Waals surface area contributed by atoms with E-state index in [4.69, 9.17) is 0 Å². The van der Waals surface area contributed by atoms with Crippen LogP contribution >= 0.6 is 11.8 Å². The first kappa shape index (κ1) is 8.31. The molecule has 8 heavy (non-hydrogen) atoms. The third-order valence-corrected chi connectivity index (χ3v) is 1.91. The van der Waals surface area contributed by atoms with Crippen LogP contribution in [0.5, 0.6) is 0 Å². The number of quaternary nitrogens is 1. The number of rotatable bonds is 4. The van der Waals surface area contributed by atoms with Crippen molar-refractivity contribution < 1.29 is 5.32 Å². The minimum absolute atomic E-state index is 0.773. The Morgan fingerprint density at radius 3 is 2.62 bits per heavy atom. The van der Waals surface area contributed by atoms with Crippen molar-refractivity contribution in [1.29, 1.82) is 0 Å². The molecule has 0 saturated heterocycles. The smallest absolute Gasteiger partial charge is 0.0607 e. The van der Waals surface area contributed by atoms with Gasteiger partial charge in [-0.2, -0.15) is 18.8 Å². The average Bonchev–Trinajstić information content (AvgIpc) is 1.66. The van der Waals surface area contributed by atoms with Gasteiger partial charge in [0.1, 0.15) is 0 Å². The lowest BCUT2D eigenvalue weighted by Gasteiger charge is -2.02. The van der Waals surface area contributed by atoms with Gasteiger partial charge in [0.2, 0.25) is 0 Å². The van der Waals surface area contributed by atoms with Gasteiger partial charge in [0.15, 0.2) is 0 Å². The molecule has 2 heteroatoms. The Hall–Kier alpha value is 0.310. The summed E-state index contributed by atoms with van der Waals surface area (Å²) in [5, 5.41) is 2.74. The van der Waals surface area contributed by atoms with Crippen LogP contribution in [-0.2, 0) is 0 Å². The van der Waals surface area contributed by atoms with Crippen LogP contribution in [0.2, 0.25) is 0 Å². The van der Waals surface area contributed by atoms with Crippen molar-refractivity contribution in [2.45, 2.75) is 19.1 Å². The van der Waals surface area contributed by atoms with Crippen molar-refractivity contribution in [2.24, 2.45) is 0 Å². The Balaban J connectivity index is 2.72. The van der Waals surface area contributed by atoms with E-state index in [1.54, 1.807) is 0 Å².